The summed E-state index contributed by atoms with van der Waals surface area (Å²) in [5.74, 6) is -0.591. The van der Waals surface area contributed by atoms with Crippen LogP contribution in [0.4, 0.5) is 0 Å². The van der Waals surface area contributed by atoms with Crippen LogP contribution in [-0.4, -0.2) is 39.1 Å². The largest absolute Gasteiger partial charge is 0.480 e. The zero-order chi connectivity index (χ0) is 14.0. The molecule has 4 nitrogen and oxygen atoms in total. The summed E-state index contributed by atoms with van der Waals surface area (Å²) in [6.07, 6.45) is 1.77. The van der Waals surface area contributed by atoms with Gasteiger partial charge in [0.15, 0.2) is 0 Å². The number of halogens is 1. The number of carbonyl (C=O) groups excluding carboxylic acids is 1. The van der Waals surface area contributed by atoms with Crippen molar-refractivity contribution >= 4 is 57.6 Å². The van der Waals surface area contributed by atoms with Crippen molar-refractivity contribution in [2.45, 2.75) is 31.2 Å². The van der Waals surface area contributed by atoms with Gasteiger partial charge >= 0.3 is 5.97 Å². The molecule has 1 aliphatic rings. The molecule has 1 saturated heterocycles. The number of thioether (sulfide) groups is 1. The lowest BCUT2D eigenvalue weighted by Crippen LogP contribution is -2.45. The van der Waals surface area contributed by atoms with Crippen LogP contribution in [0.1, 0.15) is 30.1 Å². The minimum Gasteiger partial charge on any atom is -0.480 e. The smallest absolute Gasteiger partial charge is 0.327 e. The number of hydrogen-bond donors (Lipinski definition) is 1. The number of thiophene rings is 1. The van der Waals surface area contributed by atoms with Gasteiger partial charge in [-0.2, -0.15) is 0 Å². The molecular weight excluding hydrogens is 397 g/mol. The topological polar surface area (TPSA) is 57.6 Å². The van der Waals surface area contributed by atoms with Crippen molar-refractivity contribution in [3.05, 3.63) is 19.9 Å². The fraction of sp³-hybridized carbons (Fsp3) is 0.500. The summed E-state index contributed by atoms with van der Waals surface area (Å²) in [6, 6.07) is 1.12. The Morgan fingerprint density at radius 3 is 2.84 bits per heavy atom. The van der Waals surface area contributed by atoms with Crippen LogP contribution in [0.3, 0.4) is 0 Å². The molecule has 1 aromatic rings. The highest BCUT2D eigenvalue weighted by atomic mass is 127. The Morgan fingerprint density at radius 2 is 2.32 bits per heavy atom. The molecule has 0 aromatic carbocycles. The van der Waals surface area contributed by atoms with Crippen LogP contribution in [0.15, 0.2) is 11.4 Å². The second-order valence-electron chi connectivity index (χ2n) is 4.28. The zero-order valence-electron chi connectivity index (χ0n) is 10.3. The summed E-state index contributed by atoms with van der Waals surface area (Å²) in [5, 5.41) is 11.0. The lowest BCUT2D eigenvalue weighted by atomic mass is 10.2. The standard InChI is InChI=1S/C12H14INO3S2/c1-2-3-10-14(8(6-19-10)12(16)17)11(15)7-4-9(13)18-5-7/h4-5,8,10H,2-3,6H2,1H3,(H,16,17). The van der Waals surface area contributed by atoms with Crippen LogP contribution in [0, 0.1) is 2.88 Å². The maximum absolute atomic E-state index is 12.5. The highest BCUT2D eigenvalue weighted by Crippen LogP contribution is 2.34. The Hall–Kier alpha value is -0.280. The molecule has 0 aliphatic carbocycles. The van der Waals surface area contributed by atoms with E-state index >= 15 is 0 Å². The van der Waals surface area contributed by atoms with E-state index in [0.29, 0.717) is 11.3 Å². The molecule has 2 heterocycles. The van der Waals surface area contributed by atoms with Crippen molar-refractivity contribution in [2.75, 3.05) is 5.75 Å². The average molecular weight is 411 g/mol. The maximum Gasteiger partial charge on any atom is 0.327 e. The minimum absolute atomic E-state index is 0.0174. The summed E-state index contributed by atoms with van der Waals surface area (Å²) in [7, 11) is 0. The van der Waals surface area contributed by atoms with Gasteiger partial charge in [0, 0.05) is 11.1 Å². The number of amides is 1. The normalized spacial score (nSPS) is 22.7. The number of rotatable bonds is 4. The zero-order valence-corrected chi connectivity index (χ0v) is 14.1. The summed E-state index contributed by atoms with van der Waals surface area (Å²) in [6.45, 7) is 2.05. The van der Waals surface area contributed by atoms with E-state index in [2.05, 4.69) is 22.6 Å². The Labute approximate surface area is 133 Å². The molecule has 1 fully saturated rings. The van der Waals surface area contributed by atoms with Gasteiger partial charge < -0.3 is 10.0 Å². The van der Waals surface area contributed by atoms with E-state index in [1.165, 1.54) is 11.3 Å². The van der Waals surface area contributed by atoms with Gasteiger partial charge in [0.05, 0.1) is 13.8 Å². The highest BCUT2D eigenvalue weighted by molar-refractivity contribution is 14.1. The molecule has 1 aliphatic heterocycles. The summed E-state index contributed by atoms with van der Waals surface area (Å²) >= 11 is 5.23. The fourth-order valence-corrected chi connectivity index (χ4v) is 4.90. The number of hydrogen-bond acceptors (Lipinski definition) is 4. The average Bonchev–Trinajstić information content (AvgIpc) is 2.95. The second-order valence-corrected chi connectivity index (χ2v) is 8.30. The highest BCUT2D eigenvalue weighted by Gasteiger charge is 2.41. The van der Waals surface area contributed by atoms with E-state index in [1.807, 2.05) is 13.0 Å². The van der Waals surface area contributed by atoms with Crippen molar-refractivity contribution in [1.82, 2.24) is 4.90 Å². The molecular formula is C12H14INO3S2. The number of carboxylic acid groups (broad SMARTS) is 1. The third kappa shape index (κ3) is 3.25. The van der Waals surface area contributed by atoms with Gasteiger partial charge in [-0.15, -0.1) is 23.1 Å². The lowest BCUT2D eigenvalue weighted by molar-refractivity contribution is -0.141. The Morgan fingerprint density at radius 1 is 1.58 bits per heavy atom. The van der Waals surface area contributed by atoms with Crippen molar-refractivity contribution in [2.24, 2.45) is 0 Å². The van der Waals surface area contributed by atoms with E-state index < -0.39 is 12.0 Å². The van der Waals surface area contributed by atoms with Crippen LogP contribution >= 0.6 is 45.7 Å². The van der Waals surface area contributed by atoms with Gasteiger partial charge in [-0.1, -0.05) is 13.3 Å². The van der Waals surface area contributed by atoms with Crippen molar-refractivity contribution in [3.8, 4) is 0 Å². The van der Waals surface area contributed by atoms with Gasteiger partial charge in [-0.25, -0.2) is 4.79 Å². The molecule has 104 valence electrons. The molecule has 19 heavy (non-hydrogen) atoms. The molecule has 0 spiro atoms. The van der Waals surface area contributed by atoms with Gasteiger partial charge in [-0.3, -0.25) is 4.79 Å². The summed E-state index contributed by atoms with van der Waals surface area (Å²) < 4.78 is 1.03. The van der Waals surface area contributed by atoms with E-state index in [9.17, 15) is 14.7 Å². The van der Waals surface area contributed by atoms with E-state index in [1.54, 1.807) is 22.0 Å². The van der Waals surface area contributed by atoms with E-state index in [4.69, 9.17) is 0 Å². The molecule has 7 heteroatoms. The van der Waals surface area contributed by atoms with Crippen LogP contribution in [0.2, 0.25) is 0 Å². The lowest BCUT2D eigenvalue weighted by Gasteiger charge is -2.26. The van der Waals surface area contributed by atoms with Gasteiger partial charge in [0.25, 0.3) is 5.91 Å². The monoisotopic (exact) mass is 411 g/mol. The van der Waals surface area contributed by atoms with Crippen molar-refractivity contribution < 1.29 is 14.7 Å². The predicted molar refractivity (Wildman–Crippen MR) is 85.8 cm³/mol. The molecule has 2 rings (SSSR count). The summed E-state index contributed by atoms with van der Waals surface area (Å²) in [4.78, 5) is 25.4. The first-order valence-corrected chi connectivity index (χ1v) is 8.96. The molecule has 1 amide bonds. The Balaban J connectivity index is 2.25. The molecule has 0 radical (unpaired) electrons. The third-order valence-electron chi connectivity index (χ3n) is 2.96. The molecule has 1 aromatic heterocycles. The summed E-state index contributed by atoms with van der Waals surface area (Å²) in [5.41, 5.74) is 0.601. The SMILES string of the molecule is CCCC1SCC(C(=O)O)N1C(=O)c1csc(I)c1. The number of carbonyl (C=O) groups is 2. The van der Waals surface area contributed by atoms with E-state index in [0.717, 1.165) is 15.7 Å². The molecule has 1 N–H and O–H groups in total. The number of nitrogens with zero attached hydrogens (tertiary/aromatic N) is 1. The minimum atomic E-state index is -0.913. The number of aliphatic carboxylic acids is 1. The van der Waals surface area contributed by atoms with Gasteiger partial charge in [-0.05, 0) is 35.1 Å². The third-order valence-corrected chi connectivity index (χ3v) is 6.11. The first-order valence-electron chi connectivity index (χ1n) is 5.95. The van der Waals surface area contributed by atoms with Gasteiger partial charge in [0.2, 0.25) is 0 Å². The van der Waals surface area contributed by atoms with E-state index in [-0.39, 0.29) is 11.3 Å². The Bertz CT molecular complexity index is 491. The van der Waals surface area contributed by atoms with Crippen LogP contribution < -0.4 is 0 Å². The fourth-order valence-electron chi connectivity index (χ4n) is 2.07. The molecule has 2 atom stereocenters. The van der Waals surface area contributed by atoms with Crippen molar-refractivity contribution in [1.29, 1.82) is 0 Å². The van der Waals surface area contributed by atoms with Crippen LogP contribution in [0.5, 0.6) is 0 Å². The second kappa shape index (κ2) is 6.45. The molecule has 0 saturated carbocycles. The van der Waals surface area contributed by atoms with Crippen LogP contribution in [-0.2, 0) is 4.79 Å². The van der Waals surface area contributed by atoms with Crippen LogP contribution in [0.25, 0.3) is 0 Å². The molecule has 2 unspecified atom stereocenters. The maximum atomic E-state index is 12.5. The quantitative estimate of drug-likeness (QED) is 0.774. The first-order chi connectivity index (χ1) is 9.04. The van der Waals surface area contributed by atoms with Gasteiger partial charge in [0.1, 0.15) is 6.04 Å². The number of carboxylic acids is 1. The molecule has 0 bridgehead atoms. The van der Waals surface area contributed by atoms with Crippen molar-refractivity contribution in [3.63, 3.8) is 0 Å². The first kappa shape index (κ1) is 15.1. The Kier molecular flexibility index (Phi) is 5.13. The predicted octanol–water partition coefficient (Wildman–Crippen LogP) is 3.12.